The van der Waals surface area contributed by atoms with Gasteiger partial charge in [0.1, 0.15) is 5.03 Å². The van der Waals surface area contributed by atoms with Gasteiger partial charge < -0.3 is 4.84 Å². The minimum absolute atomic E-state index is 0.272. The Labute approximate surface area is 160 Å². The van der Waals surface area contributed by atoms with E-state index in [0.29, 0.717) is 5.02 Å². The number of pyridine rings is 1. The Morgan fingerprint density at radius 1 is 1.12 bits per heavy atom. The van der Waals surface area contributed by atoms with E-state index in [0.717, 1.165) is 15.5 Å². The third-order valence-corrected chi connectivity index (χ3v) is 4.72. The Balaban J connectivity index is 1.58. The number of aryl methyl sites for hydroxylation is 1. The Kier molecular flexibility index (Phi) is 6.04. The third-order valence-electron chi connectivity index (χ3n) is 3.43. The van der Waals surface area contributed by atoms with Crippen LogP contribution in [0.15, 0.2) is 81.9 Å². The van der Waals surface area contributed by atoms with Crippen molar-refractivity contribution in [3.05, 3.63) is 88.6 Å². The Hall–Kier alpha value is -2.63. The fourth-order valence-corrected chi connectivity index (χ4v) is 3.03. The van der Waals surface area contributed by atoms with Gasteiger partial charge in [-0.2, -0.15) is 0 Å². The number of oxime groups is 1. The van der Waals surface area contributed by atoms with Gasteiger partial charge in [0.2, 0.25) is 0 Å². The van der Waals surface area contributed by atoms with Crippen molar-refractivity contribution >= 4 is 35.5 Å². The Morgan fingerprint density at radius 3 is 2.58 bits per heavy atom. The molecular weight excluding hydrogens is 368 g/mol. The second-order valence-electron chi connectivity index (χ2n) is 5.44. The van der Waals surface area contributed by atoms with Gasteiger partial charge in [0.25, 0.3) is 0 Å². The van der Waals surface area contributed by atoms with Crippen LogP contribution in [-0.2, 0) is 4.84 Å². The summed E-state index contributed by atoms with van der Waals surface area (Å²) in [5, 5.41) is 4.90. The number of aromatic nitrogens is 1. The standard InChI is InChI=1S/C20H15ClN2O2S/c1-14-6-9-16(10-7-14)26-19-11-8-15(12-22-19)13-23-25-20(24)17-4-2-3-5-18(17)21/h2-13H,1H3/b23-13+. The molecule has 26 heavy (non-hydrogen) atoms. The molecule has 1 heterocycles. The first kappa shape index (κ1) is 18.2. The molecule has 0 bridgehead atoms. The van der Waals surface area contributed by atoms with E-state index in [9.17, 15) is 4.79 Å². The van der Waals surface area contributed by atoms with E-state index < -0.39 is 5.97 Å². The highest BCUT2D eigenvalue weighted by Crippen LogP contribution is 2.25. The van der Waals surface area contributed by atoms with Crippen LogP contribution in [-0.4, -0.2) is 17.2 Å². The molecule has 0 aliphatic heterocycles. The lowest BCUT2D eigenvalue weighted by molar-refractivity contribution is 0.0519. The Bertz CT molecular complexity index is 925. The SMILES string of the molecule is Cc1ccc(Sc2ccc(/C=N/OC(=O)c3ccccc3Cl)cn2)cc1. The summed E-state index contributed by atoms with van der Waals surface area (Å²) >= 11 is 7.52. The van der Waals surface area contributed by atoms with Crippen molar-refractivity contribution in [2.75, 3.05) is 0 Å². The summed E-state index contributed by atoms with van der Waals surface area (Å²) in [6.07, 6.45) is 3.10. The largest absolute Gasteiger partial charge is 0.367 e. The Morgan fingerprint density at radius 2 is 1.88 bits per heavy atom. The summed E-state index contributed by atoms with van der Waals surface area (Å²) < 4.78 is 0. The first-order chi connectivity index (χ1) is 12.6. The van der Waals surface area contributed by atoms with E-state index >= 15 is 0 Å². The van der Waals surface area contributed by atoms with Gasteiger partial charge in [0, 0.05) is 16.7 Å². The highest BCUT2D eigenvalue weighted by Gasteiger charge is 2.10. The first-order valence-corrected chi connectivity index (χ1v) is 9.01. The summed E-state index contributed by atoms with van der Waals surface area (Å²) in [6, 6.07) is 18.7. The summed E-state index contributed by atoms with van der Waals surface area (Å²) in [5.41, 5.74) is 2.22. The normalized spacial score (nSPS) is 10.8. The molecule has 0 fully saturated rings. The number of hydrogen-bond acceptors (Lipinski definition) is 5. The van der Waals surface area contributed by atoms with Crippen molar-refractivity contribution in [3.8, 4) is 0 Å². The lowest BCUT2D eigenvalue weighted by Crippen LogP contribution is -2.01. The molecule has 1 aromatic heterocycles. The van der Waals surface area contributed by atoms with Crippen molar-refractivity contribution in [1.29, 1.82) is 0 Å². The number of hydrogen-bond donors (Lipinski definition) is 0. The smallest absolute Gasteiger partial charge is 0.313 e. The highest BCUT2D eigenvalue weighted by molar-refractivity contribution is 7.99. The molecule has 0 aliphatic rings. The summed E-state index contributed by atoms with van der Waals surface area (Å²) in [7, 11) is 0. The number of nitrogens with zero attached hydrogens (tertiary/aromatic N) is 2. The molecule has 3 aromatic rings. The number of benzene rings is 2. The van der Waals surface area contributed by atoms with Gasteiger partial charge in [-0.25, -0.2) is 9.78 Å². The fraction of sp³-hybridized carbons (Fsp3) is 0.0500. The van der Waals surface area contributed by atoms with Gasteiger partial charge in [-0.15, -0.1) is 0 Å². The predicted molar refractivity (Wildman–Crippen MR) is 104 cm³/mol. The molecule has 130 valence electrons. The van der Waals surface area contributed by atoms with E-state index in [2.05, 4.69) is 41.3 Å². The average molecular weight is 383 g/mol. The average Bonchev–Trinajstić information content (AvgIpc) is 2.65. The summed E-state index contributed by atoms with van der Waals surface area (Å²) in [4.78, 5) is 22.3. The lowest BCUT2D eigenvalue weighted by atomic mass is 10.2. The van der Waals surface area contributed by atoms with Crippen molar-refractivity contribution in [3.63, 3.8) is 0 Å². The number of carbonyl (C=O) groups is 1. The van der Waals surface area contributed by atoms with Crippen molar-refractivity contribution in [2.24, 2.45) is 5.16 Å². The van der Waals surface area contributed by atoms with Crippen LogP contribution in [0.3, 0.4) is 0 Å². The van der Waals surface area contributed by atoms with Crippen molar-refractivity contribution < 1.29 is 9.63 Å². The zero-order chi connectivity index (χ0) is 18.4. The molecule has 0 amide bonds. The quantitative estimate of drug-likeness (QED) is 0.337. The van der Waals surface area contributed by atoms with E-state index in [1.54, 1.807) is 42.2 Å². The monoisotopic (exact) mass is 382 g/mol. The zero-order valence-electron chi connectivity index (χ0n) is 13.9. The predicted octanol–water partition coefficient (Wildman–Crippen LogP) is 5.39. The maximum atomic E-state index is 11.9. The van der Waals surface area contributed by atoms with E-state index in [1.165, 1.54) is 11.8 Å². The maximum Gasteiger partial charge on any atom is 0.367 e. The zero-order valence-corrected chi connectivity index (χ0v) is 15.5. The third kappa shape index (κ3) is 4.94. The molecule has 3 rings (SSSR count). The van der Waals surface area contributed by atoms with Crippen LogP contribution in [0.2, 0.25) is 5.02 Å². The molecule has 0 saturated carbocycles. The van der Waals surface area contributed by atoms with E-state index in [4.69, 9.17) is 16.4 Å². The van der Waals surface area contributed by atoms with Crippen LogP contribution < -0.4 is 0 Å². The maximum absolute atomic E-state index is 11.9. The van der Waals surface area contributed by atoms with Crippen molar-refractivity contribution in [1.82, 2.24) is 4.98 Å². The minimum atomic E-state index is -0.605. The molecular formula is C20H15ClN2O2S. The number of halogens is 1. The molecule has 0 unspecified atom stereocenters. The topological polar surface area (TPSA) is 51.5 Å². The fourth-order valence-electron chi connectivity index (χ4n) is 2.07. The van der Waals surface area contributed by atoms with Crippen LogP contribution in [0.1, 0.15) is 21.5 Å². The van der Waals surface area contributed by atoms with E-state index in [-0.39, 0.29) is 5.56 Å². The molecule has 4 nitrogen and oxygen atoms in total. The van der Waals surface area contributed by atoms with Gasteiger partial charge in [0.05, 0.1) is 16.8 Å². The van der Waals surface area contributed by atoms with E-state index in [1.807, 2.05) is 12.1 Å². The molecule has 0 aliphatic carbocycles. The van der Waals surface area contributed by atoms with Crippen molar-refractivity contribution in [2.45, 2.75) is 16.8 Å². The van der Waals surface area contributed by atoms with Gasteiger partial charge in [-0.3, -0.25) is 0 Å². The highest BCUT2D eigenvalue weighted by atomic mass is 35.5. The molecule has 0 spiro atoms. The number of rotatable bonds is 5. The second-order valence-corrected chi connectivity index (χ2v) is 6.94. The summed E-state index contributed by atoms with van der Waals surface area (Å²) in [6.45, 7) is 2.05. The van der Waals surface area contributed by atoms with Gasteiger partial charge in [-0.1, -0.05) is 58.3 Å². The van der Waals surface area contributed by atoms with Gasteiger partial charge >= 0.3 is 5.97 Å². The van der Waals surface area contributed by atoms with Crippen LogP contribution in [0, 0.1) is 6.92 Å². The first-order valence-electron chi connectivity index (χ1n) is 7.81. The number of carbonyl (C=O) groups excluding carboxylic acids is 1. The molecule has 0 saturated heterocycles. The van der Waals surface area contributed by atoms with Gasteiger partial charge in [-0.05, 0) is 43.3 Å². The summed E-state index contributed by atoms with van der Waals surface area (Å²) in [5.74, 6) is -0.605. The molecule has 0 radical (unpaired) electrons. The molecule has 2 aromatic carbocycles. The lowest BCUT2D eigenvalue weighted by Gasteiger charge is -2.02. The molecule has 0 N–H and O–H groups in total. The molecule has 6 heteroatoms. The second kappa shape index (κ2) is 8.65. The van der Waals surface area contributed by atoms with Crippen LogP contribution >= 0.6 is 23.4 Å². The van der Waals surface area contributed by atoms with Gasteiger partial charge in [0.15, 0.2) is 0 Å². The van der Waals surface area contributed by atoms with Crippen LogP contribution in [0.5, 0.6) is 0 Å². The van der Waals surface area contributed by atoms with Crippen LogP contribution in [0.25, 0.3) is 0 Å². The van der Waals surface area contributed by atoms with Crippen LogP contribution in [0.4, 0.5) is 0 Å². The molecule has 0 atom stereocenters. The minimum Gasteiger partial charge on any atom is -0.313 e.